The molecule has 1 N–H and O–H groups in total. The van der Waals surface area contributed by atoms with Crippen LogP contribution in [-0.2, 0) is 11.3 Å². The number of aryl methyl sites for hydroxylation is 1. The lowest BCUT2D eigenvalue weighted by Crippen LogP contribution is -2.38. The highest BCUT2D eigenvalue weighted by atomic mass is 19.3. The van der Waals surface area contributed by atoms with Crippen molar-refractivity contribution >= 4 is 16.9 Å². The Morgan fingerprint density at radius 3 is 2.68 bits per heavy atom. The fraction of sp³-hybridized carbons (Fsp3) is 0.438. The van der Waals surface area contributed by atoms with Crippen LogP contribution in [0.2, 0.25) is 0 Å². The van der Waals surface area contributed by atoms with Crippen molar-refractivity contribution in [1.29, 1.82) is 0 Å². The van der Waals surface area contributed by atoms with Crippen molar-refractivity contribution in [3.8, 4) is 0 Å². The molecule has 136 valence electrons. The van der Waals surface area contributed by atoms with Crippen molar-refractivity contribution < 1.29 is 18.3 Å². The molecule has 0 atom stereocenters. The van der Waals surface area contributed by atoms with Crippen molar-refractivity contribution in [2.45, 2.75) is 19.9 Å². The minimum atomic E-state index is -2.67. The zero-order valence-electron chi connectivity index (χ0n) is 13.9. The van der Waals surface area contributed by atoms with Crippen LogP contribution in [0.15, 0.2) is 27.8 Å². The van der Waals surface area contributed by atoms with Gasteiger partial charge >= 0.3 is 11.1 Å². The second-order valence-electron chi connectivity index (χ2n) is 5.37. The normalized spacial score (nSPS) is 11.2. The number of hydrogen-bond acceptors (Lipinski definition) is 4. The van der Waals surface area contributed by atoms with E-state index >= 15 is 0 Å². The Kier molecular flexibility index (Phi) is 6.02. The van der Waals surface area contributed by atoms with E-state index in [-0.39, 0.29) is 25.3 Å². The Labute approximate surface area is 141 Å². The summed E-state index contributed by atoms with van der Waals surface area (Å²) in [7, 11) is 1.41. The van der Waals surface area contributed by atoms with Crippen LogP contribution in [0.25, 0.3) is 11.0 Å². The van der Waals surface area contributed by atoms with Crippen LogP contribution >= 0.6 is 0 Å². The minimum Gasteiger partial charge on any atom is -0.383 e. The number of benzene rings is 1. The highest BCUT2D eigenvalue weighted by molar-refractivity contribution is 5.97. The molecule has 0 aliphatic heterocycles. The summed E-state index contributed by atoms with van der Waals surface area (Å²) in [4.78, 5) is 39.5. The molecule has 1 heterocycles. The van der Waals surface area contributed by atoms with Crippen LogP contribution in [0, 0.1) is 0 Å². The van der Waals surface area contributed by atoms with Crippen LogP contribution in [-0.4, -0.2) is 53.6 Å². The average molecular weight is 355 g/mol. The molecule has 9 heteroatoms. The number of carbonyl (C=O) groups excluding carboxylic acids is 1. The van der Waals surface area contributed by atoms with Crippen LogP contribution < -0.4 is 11.1 Å². The van der Waals surface area contributed by atoms with E-state index in [0.717, 1.165) is 4.90 Å². The molecule has 0 saturated heterocycles. The highest BCUT2D eigenvalue weighted by Crippen LogP contribution is 2.14. The van der Waals surface area contributed by atoms with Gasteiger partial charge in [0.15, 0.2) is 0 Å². The van der Waals surface area contributed by atoms with Crippen LogP contribution in [0.1, 0.15) is 17.3 Å². The number of ether oxygens (including phenoxy) is 1. The quantitative estimate of drug-likeness (QED) is 0.753. The molecule has 0 aliphatic carbocycles. The summed E-state index contributed by atoms with van der Waals surface area (Å²) in [6, 6.07) is 4.34. The van der Waals surface area contributed by atoms with Gasteiger partial charge in [0.25, 0.3) is 12.3 Å². The molecule has 0 aliphatic rings. The van der Waals surface area contributed by atoms with Crippen molar-refractivity contribution in [2.24, 2.45) is 0 Å². The third kappa shape index (κ3) is 4.11. The number of halogens is 2. The molecule has 2 aromatic rings. The van der Waals surface area contributed by atoms with Crippen molar-refractivity contribution in [3.63, 3.8) is 0 Å². The molecule has 0 bridgehead atoms. The van der Waals surface area contributed by atoms with E-state index in [9.17, 15) is 23.2 Å². The standard InChI is InChI=1S/C16H19F2N3O4/c1-3-21-12-5-4-10(8-11(12)19-14(22)16(21)24)15(23)20(6-7-25-2)9-13(17)18/h4-5,8,13H,3,6-7,9H2,1-2H3,(H,19,22). The van der Waals surface area contributed by atoms with Gasteiger partial charge in [0, 0.05) is 25.8 Å². The number of methoxy groups -OCH3 is 1. The van der Waals surface area contributed by atoms with Gasteiger partial charge in [0.1, 0.15) is 0 Å². The van der Waals surface area contributed by atoms with Crippen LogP contribution in [0.3, 0.4) is 0 Å². The topological polar surface area (TPSA) is 84.4 Å². The Hall–Kier alpha value is -2.55. The predicted octanol–water partition coefficient (Wildman–Crippen LogP) is 1.06. The van der Waals surface area contributed by atoms with E-state index in [2.05, 4.69) is 4.98 Å². The third-order valence-electron chi connectivity index (χ3n) is 3.75. The van der Waals surface area contributed by atoms with Gasteiger partial charge in [0.2, 0.25) is 0 Å². The number of rotatable bonds is 7. The molecule has 0 radical (unpaired) electrons. The molecule has 1 aromatic heterocycles. The molecule has 0 unspecified atom stereocenters. The van der Waals surface area contributed by atoms with Gasteiger partial charge in [-0.25, -0.2) is 8.78 Å². The number of hydrogen-bond donors (Lipinski definition) is 1. The van der Waals surface area contributed by atoms with E-state index in [4.69, 9.17) is 4.74 Å². The second-order valence-corrected chi connectivity index (χ2v) is 5.37. The molecule has 25 heavy (non-hydrogen) atoms. The Bertz CT molecular complexity index is 876. The fourth-order valence-corrected chi connectivity index (χ4v) is 2.55. The minimum absolute atomic E-state index is 0.0166. The van der Waals surface area contributed by atoms with Crippen molar-refractivity contribution in [3.05, 3.63) is 44.5 Å². The first-order chi connectivity index (χ1) is 11.9. The van der Waals surface area contributed by atoms with E-state index in [1.54, 1.807) is 6.92 Å². The number of nitrogens with one attached hydrogen (secondary N) is 1. The number of carbonyl (C=O) groups is 1. The summed E-state index contributed by atoms with van der Waals surface area (Å²) in [5.41, 5.74) is -0.598. The smallest absolute Gasteiger partial charge is 0.316 e. The summed E-state index contributed by atoms with van der Waals surface area (Å²) in [5.74, 6) is -0.602. The summed E-state index contributed by atoms with van der Waals surface area (Å²) < 4.78 is 31.6. The van der Waals surface area contributed by atoms with E-state index < -0.39 is 30.0 Å². The highest BCUT2D eigenvalue weighted by Gasteiger charge is 2.20. The maximum atomic E-state index is 12.7. The molecular weight excluding hydrogens is 336 g/mol. The first-order valence-corrected chi connectivity index (χ1v) is 7.72. The van der Waals surface area contributed by atoms with Gasteiger partial charge in [-0.15, -0.1) is 0 Å². The maximum absolute atomic E-state index is 12.7. The second kappa shape index (κ2) is 8.02. The van der Waals surface area contributed by atoms with Gasteiger partial charge in [-0.1, -0.05) is 0 Å². The number of aromatic amines is 1. The molecule has 7 nitrogen and oxygen atoms in total. The predicted molar refractivity (Wildman–Crippen MR) is 88.3 cm³/mol. The fourth-order valence-electron chi connectivity index (χ4n) is 2.55. The van der Waals surface area contributed by atoms with E-state index in [0.29, 0.717) is 11.0 Å². The van der Waals surface area contributed by atoms with Gasteiger partial charge in [0.05, 0.1) is 24.2 Å². The number of fused-ring (bicyclic) bond motifs is 1. The Morgan fingerprint density at radius 1 is 1.36 bits per heavy atom. The largest absolute Gasteiger partial charge is 0.383 e. The molecule has 1 amide bonds. The van der Waals surface area contributed by atoms with E-state index in [1.807, 2.05) is 0 Å². The zero-order valence-corrected chi connectivity index (χ0v) is 13.9. The maximum Gasteiger partial charge on any atom is 0.316 e. The Morgan fingerprint density at radius 2 is 2.08 bits per heavy atom. The first kappa shape index (κ1) is 18.8. The summed E-state index contributed by atoms with van der Waals surface area (Å²) in [5, 5.41) is 0. The van der Waals surface area contributed by atoms with Crippen LogP contribution in [0.4, 0.5) is 8.78 Å². The molecule has 2 rings (SSSR count). The lowest BCUT2D eigenvalue weighted by atomic mass is 10.1. The monoisotopic (exact) mass is 355 g/mol. The number of H-pyrrole nitrogens is 1. The third-order valence-corrected chi connectivity index (χ3v) is 3.75. The number of nitrogens with zero attached hydrogens (tertiary/aromatic N) is 2. The van der Waals surface area contributed by atoms with Gasteiger partial charge < -0.3 is 19.2 Å². The summed E-state index contributed by atoms with van der Waals surface area (Å²) in [6.45, 7) is 1.43. The number of amides is 1. The SMILES string of the molecule is CCn1c(=O)c(=O)[nH]c2cc(C(=O)N(CCOC)CC(F)F)ccc21. The Balaban J connectivity index is 2.46. The average Bonchev–Trinajstić information content (AvgIpc) is 2.58. The first-order valence-electron chi connectivity index (χ1n) is 7.72. The molecule has 1 aromatic carbocycles. The molecular formula is C16H19F2N3O4. The molecule has 0 spiro atoms. The number of aromatic nitrogens is 2. The summed E-state index contributed by atoms with van der Waals surface area (Å²) in [6.07, 6.45) is -2.67. The summed E-state index contributed by atoms with van der Waals surface area (Å²) >= 11 is 0. The van der Waals surface area contributed by atoms with Crippen molar-refractivity contribution in [2.75, 3.05) is 26.8 Å². The zero-order chi connectivity index (χ0) is 18.6. The molecule has 0 saturated carbocycles. The van der Waals surface area contributed by atoms with E-state index in [1.165, 1.54) is 29.9 Å². The number of alkyl halides is 2. The lowest BCUT2D eigenvalue weighted by Gasteiger charge is -2.22. The lowest BCUT2D eigenvalue weighted by molar-refractivity contribution is 0.0478. The van der Waals surface area contributed by atoms with Gasteiger partial charge in [-0.05, 0) is 25.1 Å². The van der Waals surface area contributed by atoms with Gasteiger partial charge in [-0.3, -0.25) is 14.4 Å². The van der Waals surface area contributed by atoms with Crippen LogP contribution in [0.5, 0.6) is 0 Å². The van der Waals surface area contributed by atoms with Gasteiger partial charge in [-0.2, -0.15) is 0 Å². The molecule has 0 fully saturated rings. The van der Waals surface area contributed by atoms with Crippen molar-refractivity contribution in [1.82, 2.24) is 14.5 Å².